The molecule has 0 aromatic heterocycles. The van der Waals surface area contributed by atoms with E-state index in [2.05, 4.69) is 10.2 Å². The number of methoxy groups -OCH3 is 1. The van der Waals surface area contributed by atoms with Gasteiger partial charge < -0.3 is 20.5 Å². The third-order valence-electron chi connectivity index (χ3n) is 5.09. The molecule has 9 heteroatoms. The molecule has 2 aromatic carbocycles. The van der Waals surface area contributed by atoms with Crippen molar-refractivity contribution in [2.24, 2.45) is 5.73 Å². The van der Waals surface area contributed by atoms with Gasteiger partial charge in [0.15, 0.2) is 18.1 Å². The van der Waals surface area contributed by atoms with Gasteiger partial charge in [0.1, 0.15) is 0 Å². The van der Waals surface area contributed by atoms with Crippen molar-refractivity contribution in [1.82, 2.24) is 10.2 Å². The Morgan fingerprint density at radius 2 is 1.84 bits per heavy atom. The number of nitrogens with one attached hydrogen (secondary N) is 1. The third kappa shape index (κ3) is 6.50. The highest BCUT2D eigenvalue weighted by atomic mass is 35.5. The first-order chi connectivity index (χ1) is 14.9. The van der Waals surface area contributed by atoms with Gasteiger partial charge >= 0.3 is 0 Å². The number of nitrogens with two attached hydrogens (primary N) is 1. The number of hydrogen-bond acceptors (Lipinski definition) is 5. The molecule has 31 heavy (non-hydrogen) atoms. The molecule has 1 fully saturated rings. The van der Waals surface area contributed by atoms with Crippen LogP contribution >= 0.6 is 23.2 Å². The first kappa shape index (κ1) is 23.2. The van der Waals surface area contributed by atoms with Crippen molar-refractivity contribution in [3.8, 4) is 11.5 Å². The molecule has 3 rings (SSSR count). The van der Waals surface area contributed by atoms with Crippen LogP contribution in [0.4, 0.5) is 0 Å². The summed E-state index contributed by atoms with van der Waals surface area (Å²) < 4.78 is 10.6. The molecule has 0 radical (unpaired) electrons. The van der Waals surface area contributed by atoms with Crippen LogP contribution in [0.2, 0.25) is 10.0 Å². The number of piperidine rings is 1. The van der Waals surface area contributed by atoms with Gasteiger partial charge in [-0.1, -0.05) is 35.3 Å². The molecule has 3 N–H and O–H groups in total. The Labute approximate surface area is 191 Å². The highest BCUT2D eigenvalue weighted by molar-refractivity contribution is 6.32. The van der Waals surface area contributed by atoms with Crippen molar-refractivity contribution in [2.75, 3.05) is 26.8 Å². The van der Waals surface area contributed by atoms with Gasteiger partial charge in [-0.2, -0.15) is 0 Å². The fourth-order valence-corrected chi connectivity index (χ4v) is 3.88. The normalized spacial score (nSPS) is 14.8. The molecule has 0 bridgehead atoms. The second-order valence-corrected chi connectivity index (χ2v) is 8.24. The first-order valence-electron chi connectivity index (χ1n) is 9.92. The summed E-state index contributed by atoms with van der Waals surface area (Å²) in [6.07, 6.45) is 1.70. The van der Waals surface area contributed by atoms with Crippen LogP contribution in [0.25, 0.3) is 0 Å². The molecule has 1 saturated heterocycles. The number of carbonyl (C=O) groups is 2. The minimum Gasteiger partial charge on any atom is -0.493 e. The van der Waals surface area contributed by atoms with Crippen LogP contribution in [0.1, 0.15) is 28.8 Å². The smallest absolute Gasteiger partial charge is 0.255 e. The fraction of sp³-hybridized carbons (Fsp3) is 0.364. The van der Waals surface area contributed by atoms with E-state index in [-0.39, 0.29) is 35.1 Å². The van der Waals surface area contributed by atoms with Crippen LogP contribution in [0, 0.1) is 0 Å². The van der Waals surface area contributed by atoms with Crippen LogP contribution in [0.3, 0.4) is 0 Å². The summed E-state index contributed by atoms with van der Waals surface area (Å²) in [4.78, 5) is 26.1. The predicted octanol–water partition coefficient (Wildman–Crippen LogP) is 3.26. The summed E-state index contributed by atoms with van der Waals surface area (Å²) in [5, 5.41) is 3.96. The van der Waals surface area contributed by atoms with Crippen molar-refractivity contribution in [2.45, 2.75) is 25.4 Å². The van der Waals surface area contributed by atoms with Crippen molar-refractivity contribution in [3.63, 3.8) is 0 Å². The number of likely N-dealkylation sites (tertiary alicyclic amines) is 1. The zero-order valence-corrected chi connectivity index (χ0v) is 18.7. The number of benzene rings is 2. The summed E-state index contributed by atoms with van der Waals surface area (Å²) in [6, 6.07) is 11.0. The number of amides is 2. The summed E-state index contributed by atoms with van der Waals surface area (Å²) in [7, 11) is 1.43. The molecule has 166 valence electrons. The summed E-state index contributed by atoms with van der Waals surface area (Å²) >= 11 is 12.2. The second kappa shape index (κ2) is 10.7. The number of primary amides is 1. The minimum absolute atomic E-state index is 0.0736. The molecule has 0 saturated carbocycles. The van der Waals surface area contributed by atoms with E-state index in [0.717, 1.165) is 37.5 Å². The van der Waals surface area contributed by atoms with Gasteiger partial charge in [0.05, 0.1) is 12.1 Å². The Kier molecular flexibility index (Phi) is 8.01. The van der Waals surface area contributed by atoms with Crippen LogP contribution in [-0.4, -0.2) is 49.6 Å². The maximum Gasteiger partial charge on any atom is 0.255 e. The minimum atomic E-state index is -0.637. The van der Waals surface area contributed by atoms with Crippen molar-refractivity contribution in [3.05, 3.63) is 57.6 Å². The van der Waals surface area contributed by atoms with Gasteiger partial charge in [-0.15, -0.1) is 0 Å². The molecule has 2 aromatic rings. The molecular formula is C22H25Cl2N3O4. The Balaban J connectivity index is 1.56. The molecule has 7 nitrogen and oxygen atoms in total. The lowest BCUT2D eigenvalue weighted by molar-refractivity contribution is -0.119. The Hall–Kier alpha value is -2.48. The quantitative estimate of drug-likeness (QED) is 0.623. The van der Waals surface area contributed by atoms with Gasteiger partial charge in [0.2, 0.25) is 0 Å². The van der Waals surface area contributed by atoms with Gasteiger partial charge in [-0.05, 0) is 42.7 Å². The second-order valence-electron chi connectivity index (χ2n) is 7.39. The lowest BCUT2D eigenvalue weighted by atomic mass is 10.0. The maximum absolute atomic E-state index is 12.7. The number of rotatable bonds is 8. The summed E-state index contributed by atoms with van der Waals surface area (Å²) in [6.45, 7) is 2.29. The van der Waals surface area contributed by atoms with Gasteiger partial charge in [0, 0.05) is 36.3 Å². The summed E-state index contributed by atoms with van der Waals surface area (Å²) in [5.74, 6) is -0.438. The first-order valence-corrected chi connectivity index (χ1v) is 10.7. The molecule has 0 spiro atoms. The van der Waals surface area contributed by atoms with Crippen molar-refractivity contribution < 1.29 is 19.1 Å². The predicted molar refractivity (Wildman–Crippen MR) is 120 cm³/mol. The van der Waals surface area contributed by atoms with Crippen LogP contribution in [0.15, 0.2) is 36.4 Å². The van der Waals surface area contributed by atoms with Gasteiger partial charge in [0.25, 0.3) is 11.8 Å². The zero-order chi connectivity index (χ0) is 22.4. The average molecular weight is 466 g/mol. The number of ether oxygens (including phenoxy) is 2. The van der Waals surface area contributed by atoms with Crippen LogP contribution in [0.5, 0.6) is 11.5 Å². The highest BCUT2D eigenvalue weighted by Gasteiger charge is 2.23. The zero-order valence-electron chi connectivity index (χ0n) is 17.2. The monoisotopic (exact) mass is 465 g/mol. The molecule has 2 amide bonds. The topological polar surface area (TPSA) is 93.9 Å². The third-order valence-corrected chi connectivity index (χ3v) is 5.63. The van der Waals surface area contributed by atoms with E-state index in [1.807, 2.05) is 24.3 Å². The van der Waals surface area contributed by atoms with E-state index in [1.165, 1.54) is 24.8 Å². The van der Waals surface area contributed by atoms with Crippen LogP contribution < -0.4 is 20.5 Å². The standard InChI is InChI=1S/C22H25Cl2N3O4/c1-30-19-11-15(10-18(24)21(19)31-13-20(25)28)22(29)26-17-6-8-27(9-7-17)12-14-2-4-16(23)5-3-14/h2-5,10-11,17H,6-9,12-13H2,1H3,(H2,25,28)(H,26,29). The molecule has 0 unspecified atom stereocenters. The number of nitrogens with zero attached hydrogens (tertiary/aromatic N) is 1. The molecular weight excluding hydrogens is 441 g/mol. The van der Waals surface area contributed by atoms with E-state index < -0.39 is 5.91 Å². The lowest BCUT2D eigenvalue weighted by Crippen LogP contribution is -2.44. The Bertz CT molecular complexity index is 929. The average Bonchev–Trinajstić information content (AvgIpc) is 2.75. The molecule has 0 atom stereocenters. The van der Waals surface area contributed by atoms with E-state index in [0.29, 0.717) is 5.56 Å². The van der Waals surface area contributed by atoms with E-state index in [4.69, 9.17) is 38.4 Å². The lowest BCUT2D eigenvalue weighted by Gasteiger charge is -2.32. The van der Waals surface area contributed by atoms with E-state index in [9.17, 15) is 9.59 Å². The van der Waals surface area contributed by atoms with E-state index >= 15 is 0 Å². The Morgan fingerprint density at radius 1 is 1.16 bits per heavy atom. The molecule has 1 aliphatic rings. The largest absolute Gasteiger partial charge is 0.493 e. The molecule has 1 heterocycles. The SMILES string of the molecule is COc1cc(C(=O)NC2CCN(Cc3ccc(Cl)cc3)CC2)cc(Cl)c1OCC(N)=O. The molecule has 1 aliphatic heterocycles. The maximum atomic E-state index is 12.7. The number of carbonyl (C=O) groups excluding carboxylic acids is 2. The van der Waals surface area contributed by atoms with Crippen molar-refractivity contribution >= 4 is 35.0 Å². The fourth-order valence-electron chi connectivity index (χ4n) is 3.49. The number of halogens is 2. The van der Waals surface area contributed by atoms with Crippen LogP contribution in [-0.2, 0) is 11.3 Å². The van der Waals surface area contributed by atoms with Gasteiger partial charge in [-0.25, -0.2) is 0 Å². The van der Waals surface area contributed by atoms with Crippen molar-refractivity contribution in [1.29, 1.82) is 0 Å². The molecule has 0 aliphatic carbocycles. The van der Waals surface area contributed by atoms with E-state index in [1.54, 1.807) is 0 Å². The van der Waals surface area contributed by atoms with Gasteiger partial charge in [-0.3, -0.25) is 14.5 Å². The summed E-state index contributed by atoms with van der Waals surface area (Å²) in [5.41, 5.74) is 6.68. The Morgan fingerprint density at radius 3 is 2.45 bits per heavy atom. The highest BCUT2D eigenvalue weighted by Crippen LogP contribution is 2.36. The number of hydrogen-bond donors (Lipinski definition) is 2.